The van der Waals surface area contributed by atoms with E-state index in [9.17, 15) is 26.0 Å². The van der Waals surface area contributed by atoms with E-state index in [2.05, 4.69) is 24.7 Å². The molecule has 0 unspecified atom stereocenters. The van der Waals surface area contributed by atoms with Gasteiger partial charge in [0.1, 0.15) is 5.60 Å². The van der Waals surface area contributed by atoms with Gasteiger partial charge < -0.3 is 10.1 Å². The van der Waals surface area contributed by atoms with E-state index in [-0.39, 0.29) is 30.4 Å². The number of hydrogen-bond donors (Lipinski definition) is 3. The summed E-state index contributed by atoms with van der Waals surface area (Å²) in [5.41, 5.74) is 1.12. The number of anilines is 1. The molecule has 3 rings (SSSR count). The fourth-order valence-corrected chi connectivity index (χ4v) is 6.11. The Bertz CT molecular complexity index is 1490. The molecule has 3 N–H and O–H groups in total. The van der Waals surface area contributed by atoms with Crippen LogP contribution in [0.1, 0.15) is 26.3 Å². The molecule has 38 heavy (non-hydrogen) atoms. The molecule has 0 aliphatic heterocycles. The molecular weight excluding hydrogens is 557 g/mol. The highest BCUT2D eigenvalue weighted by molar-refractivity contribution is 7.92. The van der Waals surface area contributed by atoms with Crippen molar-refractivity contribution in [2.45, 2.75) is 37.8 Å². The van der Waals surface area contributed by atoms with Crippen LogP contribution in [0.2, 0.25) is 0 Å². The molecule has 0 saturated heterocycles. The highest BCUT2D eigenvalue weighted by Gasteiger charge is 2.20. The zero-order valence-corrected chi connectivity index (χ0v) is 23.3. The minimum Gasteiger partial charge on any atom is -0.444 e. The summed E-state index contributed by atoms with van der Waals surface area (Å²) in [6.07, 6.45) is -0.473. The fraction of sp³-hybridized carbons (Fsp3) is 0.348. The van der Waals surface area contributed by atoms with Gasteiger partial charge in [0.2, 0.25) is 16.0 Å². The van der Waals surface area contributed by atoms with Crippen molar-refractivity contribution < 1.29 is 30.8 Å². The molecular formula is C23H28FN5O6S3. The highest BCUT2D eigenvalue weighted by Crippen LogP contribution is 2.29. The van der Waals surface area contributed by atoms with E-state index in [0.717, 1.165) is 23.5 Å². The number of nitrogens with one attached hydrogen (secondary N) is 3. The van der Waals surface area contributed by atoms with Crippen LogP contribution in [0.15, 0.2) is 52.9 Å². The number of amides is 1. The van der Waals surface area contributed by atoms with Crippen LogP contribution in [0.5, 0.6) is 0 Å². The summed E-state index contributed by atoms with van der Waals surface area (Å²) in [5.74, 6) is -1.14. The fourth-order valence-electron chi connectivity index (χ4n) is 3.14. The lowest BCUT2D eigenvalue weighted by molar-refractivity contribution is 0.0529. The van der Waals surface area contributed by atoms with Crippen molar-refractivity contribution in [3.8, 4) is 11.3 Å². The number of alkyl carbamates (subject to hydrolysis) is 1. The number of benzene rings is 1. The quantitative estimate of drug-likeness (QED) is 0.229. The van der Waals surface area contributed by atoms with Crippen LogP contribution in [-0.2, 0) is 31.2 Å². The number of ether oxygens (including phenoxy) is 1. The molecule has 0 saturated carbocycles. The molecule has 0 atom stereocenters. The van der Waals surface area contributed by atoms with E-state index >= 15 is 0 Å². The number of aryl methyl sites for hydroxylation is 1. The van der Waals surface area contributed by atoms with Gasteiger partial charge in [-0.1, -0.05) is 30.3 Å². The van der Waals surface area contributed by atoms with Crippen molar-refractivity contribution in [3.05, 3.63) is 59.4 Å². The van der Waals surface area contributed by atoms with Gasteiger partial charge in [-0.25, -0.2) is 27.9 Å². The molecule has 2 aromatic heterocycles. The average Bonchev–Trinajstić information content (AvgIpc) is 3.27. The molecule has 206 valence electrons. The first-order valence-electron chi connectivity index (χ1n) is 11.4. The predicted molar refractivity (Wildman–Crippen MR) is 142 cm³/mol. The van der Waals surface area contributed by atoms with Crippen molar-refractivity contribution >= 4 is 42.6 Å². The zero-order valence-electron chi connectivity index (χ0n) is 20.9. The summed E-state index contributed by atoms with van der Waals surface area (Å²) >= 11 is 1.02. The maximum absolute atomic E-state index is 13.3. The van der Waals surface area contributed by atoms with Gasteiger partial charge in [0.15, 0.2) is 10.2 Å². The van der Waals surface area contributed by atoms with E-state index in [1.807, 2.05) is 0 Å². The number of carbonyl (C=O) groups is 1. The Morgan fingerprint density at radius 1 is 1.03 bits per heavy atom. The van der Waals surface area contributed by atoms with E-state index < -0.39 is 42.7 Å². The minimum atomic E-state index is -4.14. The molecule has 0 radical (unpaired) electrons. The molecule has 1 amide bonds. The van der Waals surface area contributed by atoms with Crippen molar-refractivity contribution in [2.24, 2.45) is 0 Å². The van der Waals surface area contributed by atoms with Gasteiger partial charge in [-0.05, 0) is 44.9 Å². The first-order valence-corrected chi connectivity index (χ1v) is 15.4. The lowest BCUT2D eigenvalue weighted by Gasteiger charge is -2.19. The first kappa shape index (κ1) is 29.4. The van der Waals surface area contributed by atoms with Gasteiger partial charge in [0.05, 0.1) is 11.4 Å². The number of rotatable bonds is 11. The van der Waals surface area contributed by atoms with Crippen molar-refractivity contribution in [3.63, 3.8) is 0 Å². The second kappa shape index (κ2) is 12.1. The monoisotopic (exact) mass is 585 g/mol. The Balaban J connectivity index is 1.60. The molecule has 1 aromatic carbocycles. The third-order valence-electron chi connectivity index (χ3n) is 4.74. The standard InChI is InChI=1S/C23H28FN5O6S3/c1-23(2,3)35-22(30)25-12-13-26-37(31,32)14-11-16-7-4-5-8-17(16)18-15-36-21(27-18)29-38(33,34)20-10-6-9-19(24)28-20/h4-10,15,26H,11-14H2,1-3H3,(H,25,30)(H,27,29). The summed E-state index contributed by atoms with van der Waals surface area (Å²) in [6, 6.07) is 10.5. The molecule has 0 spiro atoms. The Morgan fingerprint density at radius 3 is 2.47 bits per heavy atom. The summed E-state index contributed by atoms with van der Waals surface area (Å²) < 4.78 is 73.1. The van der Waals surface area contributed by atoms with Crippen molar-refractivity contribution in [2.75, 3.05) is 23.6 Å². The van der Waals surface area contributed by atoms with E-state index in [0.29, 0.717) is 16.8 Å². The number of sulfonamides is 2. The number of hydrogen-bond acceptors (Lipinski definition) is 9. The Kier molecular flexibility index (Phi) is 9.40. The third kappa shape index (κ3) is 9.01. The molecule has 0 aliphatic carbocycles. The Hall–Kier alpha value is -3.14. The topological polar surface area (TPSA) is 156 Å². The smallest absolute Gasteiger partial charge is 0.407 e. The van der Waals surface area contributed by atoms with Crippen LogP contribution in [-0.4, -0.2) is 57.3 Å². The Morgan fingerprint density at radius 2 is 1.76 bits per heavy atom. The van der Waals surface area contributed by atoms with E-state index in [1.54, 1.807) is 50.4 Å². The van der Waals surface area contributed by atoms with Crippen molar-refractivity contribution in [1.82, 2.24) is 20.0 Å². The highest BCUT2D eigenvalue weighted by atomic mass is 32.2. The number of aromatic nitrogens is 2. The third-order valence-corrected chi connectivity index (χ3v) is 8.25. The number of nitrogens with zero attached hydrogens (tertiary/aromatic N) is 2. The van der Waals surface area contributed by atoms with Gasteiger partial charge in [-0.15, -0.1) is 11.3 Å². The average molecular weight is 586 g/mol. The Labute approximate surface area is 225 Å². The normalized spacial score (nSPS) is 12.2. The zero-order chi connectivity index (χ0) is 28.0. The molecule has 0 bridgehead atoms. The van der Waals surface area contributed by atoms with E-state index in [1.165, 1.54) is 6.07 Å². The van der Waals surface area contributed by atoms with E-state index in [4.69, 9.17) is 4.74 Å². The van der Waals surface area contributed by atoms with Gasteiger partial charge in [0.25, 0.3) is 10.0 Å². The lowest BCUT2D eigenvalue weighted by Crippen LogP contribution is -2.38. The molecule has 0 aliphatic rings. The van der Waals surface area contributed by atoms with Crippen LogP contribution in [0.4, 0.5) is 14.3 Å². The summed E-state index contributed by atoms with van der Waals surface area (Å²) in [4.78, 5) is 19.4. The molecule has 11 nitrogen and oxygen atoms in total. The molecule has 15 heteroatoms. The number of halogens is 1. The summed E-state index contributed by atoms with van der Waals surface area (Å²) in [7, 11) is -7.80. The van der Waals surface area contributed by atoms with Crippen LogP contribution in [0.25, 0.3) is 11.3 Å². The van der Waals surface area contributed by atoms with Gasteiger partial charge >= 0.3 is 6.09 Å². The maximum Gasteiger partial charge on any atom is 0.407 e. The number of thiazole rings is 1. The SMILES string of the molecule is CC(C)(C)OC(=O)NCCNS(=O)(=O)CCc1ccccc1-c1csc(NS(=O)(=O)c2cccc(F)n2)n1. The second-order valence-electron chi connectivity index (χ2n) is 8.99. The van der Waals surface area contributed by atoms with Crippen LogP contribution >= 0.6 is 11.3 Å². The van der Waals surface area contributed by atoms with Crippen LogP contribution < -0.4 is 14.8 Å². The van der Waals surface area contributed by atoms with Crippen LogP contribution in [0, 0.1) is 5.95 Å². The molecule has 2 heterocycles. The molecule has 3 aromatic rings. The number of pyridine rings is 1. The van der Waals surface area contributed by atoms with Crippen molar-refractivity contribution in [1.29, 1.82) is 0 Å². The van der Waals surface area contributed by atoms with Gasteiger partial charge in [-0.3, -0.25) is 4.72 Å². The molecule has 0 fully saturated rings. The van der Waals surface area contributed by atoms with Gasteiger partial charge in [0, 0.05) is 24.0 Å². The maximum atomic E-state index is 13.3. The number of carbonyl (C=O) groups excluding carboxylic acids is 1. The van der Waals surface area contributed by atoms with Gasteiger partial charge in [-0.2, -0.15) is 12.8 Å². The lowest BCUT2D eigenvalue weighted by atomic mass is 10.0. The van der Waals surface area contributed by atoms with Crippen LogP contribution in [0.3, 0.4) is 0 Å². The summed E-state index contributed by atoms with van der Waals surface area (Å²) in [5, 5.41) is 3.68. The minimum absolute atomic E-state index is 0.00101. The first-order chi connectivity index (χ1) is 17.7. The largest absolute Gasteiger partial charge is 0.444 e. The summed E-state index contributed by atoms with van der Waals surface area (Å²) in [6.45, 7) is 5.24. The predicted octanol–water partition coefficient (Wildman–Crippen LogP) is 3.13. The second-order valence-corrected chi connectivity index (χ2v) is 13.4.